The number of hydrogen-bond acceptors (Lipinski definition) is 3. The number of hydrogen-bond donors (Lipinski definition) is 2. The Hall–Kier alpha value is -2.07. The molecule has 0 bridgehead atoms. The SMILES string of the molecule is Nc1ccc(F)cc1C(O)c1cccc2c1OCC2. The van der Waals surface area contributed by atoms with E-state index >= 15 is 0 Å². The molecule has 0 saturated carbocycles. The number of ether oxygens (including phenoxy) is 1. The van der Waals surface area contributed by atoms with Crippen molar-refractivity contribution in [1.82, 2.24) is 0 Å². The number of aliphatic hydroxyl groups is 1. The van der Waals surface area contributed by atoms with Crippen LogP contribution < -0.4 is 10.5 Å². The highest BCUT2D eigenvalue weighted by Crippen LogP contribution is 2.37. The number of fused-ring (bicyclic) bond motifs is 1. The molecule has 0 spiro atoms. The quantitative estimate of drug-likeness (QED) is 0.814. The summed E-state index contributed by atoms with van der Waals surface area (Å²) in [5.41, 5.74) is 8.23. The molecule has 2 aromatic carbocycles. The van der Waals surface area contributed by atoms with E-state index in [4.69, 9.17) is 10.5 Å². The van der Waals surface area contributed by atoms with E-state index in [1.54, 1.807) is 6.07 Å². The first-order chi connectivity index (χ1) is 9.16. The van der Waals surface area contributed by atoms with Gasteiger partial charge in [0.25, 0.3) is 0 Å². The number of benzene rings is 2. The Balaban J connectivity index is 2.07. The minimum atomic E-state index is -0.983. The van der Waals surface area contributed by atoms with Crippen LogP contribution in [0.15, 0.2) is 36.4 Å². The van der Waals surface area contributed by atoms with Crippen LogP contribution in [0.5, 0.6) is 5.75 Å². The van der Waals surface area contributed by atoms with E-state index in [1.807, 2.05) is 12.1 Å². The molecule has 1 unspecified atom stereocenters. The fourth-order valence-corrected chi connectivity index (χ4v) is 2.41. The molecule has 3 rings (SSSR count). The first-order valence-electron chi connectivity index (χ1n) is 6.14. The predicted octanol–water partition coefficient (Wildman–Crippen LogP) is 2.42. The topological polar surface area (TPSA) is 55.5 Å². The molecule has 1 atom stereocenters. The van der Waals surface area contributed by atoms with Crippen LogP contribution in [0.25, 0.3) is 0 Å². The fraction of sp³-hybridized carbons (Fsp3) is 0.200. The summed E-state index contributed by atoms with van der Waals surface area (Å²) >= 11 is 0. The molecule has 0 aromatic heterocycles. The van der Waals surface area contributed by atoms with Crippen molar-refractivity contribution in [2.24, 2.45) is 0 Å². The fourth-order valence-electron chi connectivity index (χ4n) is 2.41. The normalized spacial score (nSPS) is 14.8. The van der Waals surface area contributed by atoms with Crippen molar-refractivity contribution in [3.8, 4) is 5.75 Å². The zero-order valence-corrected chi connectivity index (χ0v) is 10.3. The number of para-hydroxylation sites is 1. The van der Waals surface area contributed by atoms with Crippen LogP contribution in [0.1, 0.15) is 22.8 Å². The number of aliphatic hydroxyl groups excluding tert-OH is 1. The number of rotatable bonds is 2. The summed E-state index contributed by atoms with van der Waals surface area (Å²) in [4.78, 5) is 0. The average molecular weight is 259 g/mol. The molecule has 1 aliphatic rings. The second-order valence-electron chi connectivity index (χ2n) is 4.61. The average Bonchev–Trinajstić information content (AvgIpc) is 2.89. The molecule has 2 aromatic rings. The molecule has 0 aliphatic carbocycles. The van der Waals surface area contributed by atoms with Gasteiger partial charge in [-0.3, -0.25) is 0 Å². The highest BCUT2D eigenvalue weighted by molar-refractivity contribution is 5.54. The summed E-state index contributed by atoms with van der Waals surface area (Å²) < 4.78 is 18.8. The Bertz CT molecular complexity index is 628. The van der Waals surface area contributed by atoms with Crippen molar-refractivity contribution in [1.29, 1.82) is 0 Å². The Morgan fingerprint density at radius 2 is 2.05 bits per heavy atom. The van der Waals surface area contributed by atoms with Crippen LogP contribution in [0, 0.1) is 5.82 Å². The second kappa shape index (κ2) is 4.55. The lowest BCUT2D eigenvalue weighted by molar-refractivity contribution is 0.214. The number of nitrogen functional groups attached to an aromatic ring is 1. The minimum Gasteiger partial charge on any atom is -0.493 e. The summed E-state index contributed by atoms with van der Waals surface area (Å²) in [6.07, 6.45) is -0.155. The molecule has 3 nitrogen and oxygen atoms in total. The first kappa shape index (κ1) is 12.0. The van der Waals surface area contributed by atoms with Gasteiger partial charge in [0.2, 0.25) is 0 Å². The van der Waals surface area contributed by atoms with Crippen LogP contribution in [-0.2, 0) is 6.42 Å². The van der Waals surface area contributed by atoms with Crippen LogP contribution in [0.2, 0.25) is 0 Å². The molecule has 98 valence electrons. The zero-order chi connectivity index (χ0) is 13.4. The molecule has 0 radical (unpaired) electrons. The third-order valence-electron chi connectivity index (χ3n) is 3.38. The maximum atomic E-state index is 13.3. The van der Waals surface area contributed by atoms with Crippen molar-refractivity contribution in [3.63, 3.8) is 0 Å². The van der Waals surface area contributed by atoms with E-state index in [0.29, 0.717) is 29.2 Å². The third kappa shape index (κ3) is 2.04. The maximum Gasteiger partial charge on any atom is 0.128 e. The number of nitrogens with two attached hydrogens (primary N) is 1. The van der Waals surface area contributed by atoms with Crippen molar-refractivity contribution in [2.45, 2.75) is 12.5 Å². The lowest BCUT2D eigenvalue weighted by atomic mass is 9.97. The molecule has 0 saturated heterocycles. The summed E-state index contributed by atoms with van der Waals surface area (Å²) in [6, 6.07) is 9.60. The summed E-state index contributed by atoms with van der Waals surface area (Å²) in [7, 11) is 0. The Kier molecular flexibility index (Phi) is 2.87. The summed E-state index contributed by atoms with van der Waals surface area (Å²) in [5, 5.41) is 10.4. The van der Waals surface area contributed by atoms with Gasteiger partial charge < -0.3 is 15.6 Å². The van der Waals surface area contributed by atoms with Gasteiger partial charge in [-0.05, 0) is 23.8 Å². The van der Waals surface area contributed by atoms with E-state index in [2.05, 4.69) is 0 Å². The second-order valence-corrected chi connectivity index (χ2v) is 4.61. The maximum absolute atomic E-state index is 13.3. The number of halogens is 1. The minimum absolute atomic E-state index is 0.365. The molecule has 0 amide bonds. The van der Waals surface area contributed by atoms with Crippen molar-refractivity contribution in [2.75, 3.05) is 12.3 Å². The highest BCUT2D eigenvalue weighted by atomic mass is 19.1. The molecule has 3 N–H and O–H groups in total. The molecular formula is C15H14FNO2. The highest BCUT2D eigenvalue weighted by Gasteiger charge is 2.23. The first-order valence-corrected chi connectivity index (χ1v) is 6.14. The molecule has 19 heavy (non-hydrogen) atoms. The van der Waals surface area contributed by atoms with Crippen molar-refractivity contribution in [3.05, 3.63) is 58.9 Å². The van der Waals surface area contributed by atoms with E-state index in [1.165, 1.54) is 18.2 Å². The van der Waals surface area contributed by atoms with Gasteiger partial charge >= 0.3 is 0 Å². The van der Waals surface area contributed by atoms with E-state index < -0.39 is 11.9 Å². The Morgan fingerprint density at radius 3 is 2.89 bits per heavy atom. The molecule has 1 heterocycles. The molecular weight excluding hydrogens is 245 g/mol. The van der Waals surface area contributed by atoms with Crippen LogP contribution in [0.3, 0.4) is 0 Å². The van der Waals surface area contributed by atoms with Gasteiger partial charge in [0.1, 0.15) is 17.7 Å². The molecule has 0 fully saturated rings. The Labute approximate surface area is 110 Å². The monoisotopic (exact) mass is 259 g/mol. The third-order valence-corrected chi connectivity index (χ3v) is 3.38. The summed E-state index contributed by atoms with van der Waals surface area (Å²) in [5.74, 6) is 0.274. The van der Waals surface area contributed by atoms with Gasteiger partial charge in [-0.1, -0.05) is 18.2 Å². The van der Waals surface area contributed by atoms with Gasteiger partial charge in [0.15, 0.2) is 0 Å². The van der Waals surface area contributed by atoms with Gasteiger partial charge in [0, 0.05) is 23.2 Å². The van der Waals surface area contributed by atoms with Crippen molar-refractivity contribution < 1.29 is 14.2 Å². The van der Waals surface area contributed by atoms with Crippen LogP contribution >= 0.6 is 0 Å². The zero-order valence-electron chi connectivity index (χ0n) is 10.3. The molecule has 4 heteroatoms. The van der Waals surface area contributed by atoms with Crippen LogP contribution in [-0.4, -0.2) is 11.7 Å². The standard InChI is InChI=1S/C15H14FNO2/c16-10-4-5-13(17)12(8-10)14(18)11-3-1-2-9-6-7-19-15(9)11/h1-5,8,14,18H,6-7,17H2. The molecule has 1 aliphatic heterocycles. The lowest BCUT2D eigenvalue weighted by Gasteiger charge is -2.16. The lowest BCUT2D eigenvalue weighted by Crippen LogP contribution is -2.06. The Morgan fingerprint density at radius 1 is 1.21 bits per heavy atom. The van der Waals surface area contributed by atoms with E-state index in [9.17, 15) is 9.50 Å². The number of anilines is 1. The largest absolute Gasteiger partial charge is 0.493 e. The van der Waals surface area contributed by atoms with Gasteiger partial charge in [-0.2, -0.15) is 0 Å². The van der Waals surface area contributed by atoms with E-state index in [-0.39, 0.29) is 0 Å². The van der Waals surface area contributed by atoms with Gasteiger partial charge in [-0.15, -0.1) is 0 Å². The van der Waals surface area contributed by atoms with Crippen molar-refractivity contribution >= 4 is 5.69 Å². The summed E-state index contributed by atoms with van der Waals surface area (Å²) in [6.45, 7) is 0.609. The predicted molar refractivity (Wildman–Crippen MR) is 70.5 cm³/mol. The van der Waals surface area contributed by atoms with Crippen LogP contribution in [0.4, 0.5) is 10.1 Å². The van der Waals surface area contributed by atoms with Gasteiger partial charge in [-0.25, -0.2) is 4.39 Å². The van der Waals surface area contributed by atoms with Gasteiger partial charge in [0.05, 0.1) is 6.61 Å². The smallest absolute Gasteiger partial charge is 0.128 e. The van der Waals surface area contributed by atoms with E-state index in [0.717, 1.165) is 12.0 Å².